The highest BCUT2D eigenvalue weighted by Gasteiger charge is 1.94. The maximum atomic E-state index is 10.3. The van der Waals surface area contributed by atoms with Crippen LogP contribution in [-0.4, -0.2) is 12.6 Å². The lowest BCUT2D eigenvalue weighted by atomic mass is 10.1. The Kier molecular flexibility index (Phi) is 4.03. The van der Waals surface area contributed by atoms with Crippen LogP contribution in [0.1, 0.15) is 12.0 Å². The molecular weight excluding hydrogens is 164 g/mol. The van der Waals surface area contributed by atoms with Crippen LogP contribution in [0.25, 0.3) is 0 Å². The molecule has 0 saturated carbocycles. The van der Waals surface area contributed by atoms with Crippen molar-refractivity contribution in [3.8, 4) is 0 Å². The first-order valence-electron chi connectivity index (χ1n) is 4.31. The Morgan fingerprint density at radius 3 is 2.62 bits per heavy atom. The van der Waals surface area contributed by atoms with Gasteiger partial charge >= 0.3 is 5.97 Å². The lowest BCUT2D eigenvalue weighted by Gasteiger charge is -2.01. The summed E-state index contributed by atoms with van der Waals surface area (Å²) in [5.74, 6) is -0.451. The molecule has 0 fully saturated rings. The van der Waals surface area contributed by atoms with Gasteiger partial charge in [-0.1, -0.05) is 30.3 Å². The van der Waals surface area contributed by atoms with Gasteiger partial charge in [-0.25, -0.2) is 0 Å². The first-order valence-corrected chi connectivity index (χ1v) is 4.31. The molecule has 2 heteroatoms. The lowest BCUT2D eigenvalue weighted by molar-refractivity contribution is -0.138. The molecule has 0 amide bonds. The van der Waals surface area contributed by atoms with E-state index in [1.807, 2.05) is 18.2 Å². The number of rotatable bonds is 4. The van der Waals surface area contributed by atoms with E-state index in [2.05, 4.69) is 19.1 Å². The fourth-order valence-corrected chi connectivity index (χ4v) is 1.11. The Labute approximate surface area is 78.5 Å². The predicted molar refractivity (Wildman–Crippen MR) is 51.1 cm³/mol. The van der Waals surface area contributed by atoms with Crippen molar-refractivity contribution < 1.29 is 9.53 Å². The van der Waals surface area contributed by atoms with Gasteiger partial charge in [0.15, 0.2) is 0 Å². The third-order valence-electron chi connectivity index (χ3n) is 1.72. The second-order valence-electron chi connectivity index (χ2n) is 2.81. The van der Waals surface area contributed by atoms with Crippen LogP contribution in [0.5, 0.6) is 0 Å². The molecule has 69 valence electrons. The van der Waals surface area contributed by atoms with E-state index in [4.69, 9.17) is 4.74 Å². The molecule has 2 nitrogen and oxygen atoms in total. The number of carbonyl (C=O) groups excluding carboxylic acids is 1. The molecule has 13 heavy (non-hydrogen) atoms. The second-order valence-corrected chi connectivity index (χ2v) is 2.81. The summed E-state index contributed by atoms with van der Waals surface area (Å²) in [5, 5.41) is 0. The Morgan fingerprint density at radius 1 is 1.31 bits per heavy atom. The average Bonchev–Trinajstić information content (AvgIpc) is 2.14. The topological polar surface area (TPSA) is 26.3 Å². The van der Waals surface area contributed by atoms with Gasteiger partial charge in [-0.05, 0) is 18.4 Å². The molecule has 0 N–H and O–H groups in total. The van der Waals surface area contributed by atoms with Gasteiger partial charge in [0.2, 0.25) is 0 Å². The van der Waals surface area contributed by atoms with Crippen LogP contribution in [0.2, 0.25) is 0 Å². The largest absolute Gasteiger partial charge is 0.466 e. The van der Waals surface area contributed by atoms with Crippen molar-refractivity contribution in [2.75, 3.05) is 6.61 Å². The van der Waals surface area contributed by atoms with Gasteiger partial charge in [-0.15, -0.1) is 0 Å². The van der Waals surface area contributed by atoms with Gasteiger partial charge in [0.1, 0.15) is 0 Å². The summed E-state index contributed by atoms with van der Waals surface area (Å²) in [5.41, 5.74) is 1.27. The van der Waals surface area contributed by atoms with Crippen LogP contribution < -0.4 is 0 Å². The summed E-state index contributed by atoms with van der Waals surface area (Å²) in [6.07, 6.45) is 1.79. The third kappa shape index (κ3) is 4.31. The number of carbonyl (C=O) groups is 1. The molecule has 1 rings (SSSR count). The Hall–Kier alpha value is -1.31. The highest BCUT2D eigenvalue weighted by atomic mass is 16.5. The number of hydrogen-bond donors (Lipinski definition) is 0. The molecule has 0 spiro atoms. The van der Waals surface area contributed by atoms with Crippen molar-refractivity contribution in [3.63, 3.8) is 0 Å². The molecule has 0 aliphatic heterocycles. The van der Waals surface area contributed by atoms with Crippen molar-refractivity contribution in [3.05, 3.63) is 42.8 Å². The first-order chi connectivity index (χ1) is 6.29. The van der Waals surface area contributed by atoms with Crippen LogP contribution in [0, 0.1) is 6.92 Å². The Bertz CT molecular complexity index is 254. The molecule has 0 aliphatic rings. The van der Waals surface area contributed by atoms with Gasteiger partial charge in [0.05, 0.1) is 13.5 Å². The highest BCUT2D eigenvalue weighted by molar-refractivity contribution is 5.73. The zero-order valence-electron chi connectivity index (χ0n) is 7.53. The molecule has 0 unspecified atom stereocenters. The molecule has 1 aromatic rings. The summed E-state index contributed by atoms with van der Waals surface area (Å²) < 4.78 is 4.71. The van der Waals surface area contributed by atoms with Crippen molar-refractivity contribution in [2.45, 2.75) is 12.8 Å². The Morgan fingerprint density at radius 2 is 2.00 bits per heavy atom. The smallest absolute Gasteiger partial charge is 0.306 e. The summed E-state index contributed by atoms with van der Waals surface area (Å²) in [7, 11) is 0. The molecule has 0 atom stereocenters. The first kappa shape index (κ1) is 9.78. The summed E-state index contributed by atoms with van der Waals surface area (Å²) in [6, 6.07) is 10.1. The minimum atomic E-state index is -0.451. The molecule has 0 saturated heterocycles. The van der Waals surface area contributed by atoms with Crippen LogP contribution in [0.4, 0.5) is 0 Å². The fraction of sp³-hybridized carbons (Fsp3) is 0.273. The lowest BCUT2D eigenvalue weighted by Crippen LogP contribution is -2.01. The number of esters is 1. The van der Waals surface area contributed by atoms with E-state index < -0.39 is 5.97 Å². The van der Waals surface area contributed by atoms with Gasteiger partial charge in [0, 0.05) is 0 Å². The number of ether oxygens (including phenoxy) is 1. The van der Waals surface area contributed by atoms with Crippen molar-refractivity contribution >= 4 is 5.97 Å². The number of aryl methyl sites for hydroxylation is 1. The van der Waals surface area contributed by atoms with Crippen molar-refractivity contribution in [1.82, 2.24) is 0 Å². The van der Waals surface area contributed by atoms with Crippen LogP contribution >= 0.6 is 0 Å². The quantitative estimate of drug-likeness (QED) is 0.519. The minimum Gasteiger partial charge on any atom is -0.466 e. The Balaban J connectivity index is 2.17. The number of hydrogen-bond acceptors (Lipinski definition) is 2. The van der Waals surface area contributed by atoms with E-state index in [1.54, 1.807) is 0 Å². The standard InChI is InChI=1S/C11H13O2/c1-10(12)13-9-5-8-11-6-3-2-4-7-11/h2-4,6-7H,1,5,8-9H2. The van der Waals surface area contributed by atoms with Gasteiger partial charge in [-0.2, -0.15) is 0 Å². The van der Waals surface area contributed by atoms with Crippen LogP contribution in [0.3, 0.4) is 0 Å². The monoisotopic (exact) mass is 177 g/mol. The summed E-state index contributed by atoms with van der Waals surface area (Å²) in [4.78, 5) is 10.3. The molecule has 0 heterocycles. The maximum absolute atomic E-state index is 10.3. The molecule has 1 radical (unpaired) electrons. The minimum absolute atomic E-state index is 0.451. The summed E-state index contributed by atoms with van der Waals surface area (Å²) >= 11 is 0. The molecule has 0 bridgehead atoms. The van der Waals surface area contributed by atoms with E-state index in [0.717, 1.165) is 12.8 Å². The van der Waals surface area contributed by atoms with E-state index in [1.165, 1.54) is 5.56 Å². The number of benzene rings is 1. The molecule has 0 aromatic heterocycles. The van der Waals surface area contributed by atoms with E-state index in [-0.39, 0.29) is 0 Å². The van der Waals surface area contributed by atoms with Crippen LogP contribution in [0.15, 0.2) is 30.3 Å². The van der Waals surface area contributed by atoms with E-state index in [9.17, 15) is 4.79 Å². The van der Waals surface area contributed by atoms with Gasteiger partial charge in [0.25, 0.3) is 0 Å². The fourth-order valence-electron chi connectivity index (χ4n) is 1.11. The van der Waals surface area contributed by atoms with E-state index >= 15 is 0 Å². The normalized spacial score (nSPS) is 9.62. The van der Waals surface area contributed by atoms with Gasteiger partial charge in [-0.3, -0.25) is 4.79 Å². The SMILES string of the molecule is [CH2]C(=O)OCCCc1ccccc1. The molecule has 0 aliphatic carbocycles. The molecule has 1 aromatic carbocycles. The second kappa shape index (κ2) is 5.36. The zero-order valence-corrected chi connectivity index (χ0v) is 7.53. The average molecular weight is 177 g/mol. The highest BCUT2D eigenvalue weighted by Crippen LogP contribution is 2.02. The van der Waals surface area contributed by atoms with E-state index in [0.29, 0.717) is 6.61 Å². The molecular formula is C11H13O2. The predicted octanol–water partition coefficient (Wildman–Crippen LogP) is 2.00. The van der Waals surface area contributed by atoms with Crippen LogP contribution in [-0.2, 0) is 16.0 Å². The third-order valence-corrected chi connectivity index (χ3v) is 1.72. The summed E-state index contributed by atoms with van der Waals surface area (Å²) in [6.45, 7) is 3.58. The zero-order chi connectivity index (χ0) is 9.52. The van der Waals surface area contributed by atoms with Gasteiger partial charge < -0.3 is 4.74 Å². The maximum Gasteiger partial charge on any atom is 0.306 e. The van der Waals surface area contributed by atoms with Crippen molar-refractivity contribution in [1.29, 1.82) is 0 Å². The van der Waals surface area contributed by atoms with Crippen molar-refractivity contribution in [2.24, 2.45) is 0 Å².